The molecule has 114 valence electrons. The third-order valence-corrected chi connectivity index (χ3v) is 5.20. The highest BCUT2D eigenvalue weighted by molar-refractivity contribution is 8.02. The molecule has 0 spiro atoms. The Morgan fingerprint density at radius 2 is 1.90 bits per heavy atom. The summed E-state index contributed by atoms with van der Waals surface area (Å²) >= 11 is 1.65. The average Bonchev–Trinajstić information content (AvgIpc) is 2.60. The van der Waals surface area contributed by atoms with Gasteiger partial charge in [-0.05, 0) is 33.3 Å². The van der Waals surface area contributed by atoms with E-state index in [2.05, 4.69) is 5.32 Å². The van der Waals surface area contributed by atoms with Gasteiger partial charge in [-0.2, -0.15) is 0 Å². The Bertz CT molecular complexity index is 528. The van der Waals surface area contributed by atoms with E-state index in [1.165, 1.54) is 0 Å². The Morgan fingerprint density at radius 3 is 2.48 bits per heavy atom. The van der Waals surface area contributed by atoms with Gasteiger partial charge in [0.05, 0.1) is 4.87 Å². The molecule has 2 amide bonds. The lowest BCUT2D eigenvalue weighted by Gasteiger charge is -2.31. The number of hydrogen-bond donors (Lipinski definition) is 1. The number of nitrogens with zero attached hydrogens (tertiary/aromatic N) is 1. The van der Waals surface area contributed by atoms with Crippen LogP contribution in [0.25, 0.3) is 0 Å². The van der Waals surface area contributed by atoms with Crippen LogP contribution < -0.4 is 5.32 Å². The highest BCUT2D eigenvalue weighted by Crippen LogP contribution is 2.50. The molecule has 0 saturated carbocycles. The van der Waals surface area contributed by atoms with Gasteiger partial charge in [0.2, 0.25) is 12.3 Å². The third-order valence-electron chi connectivity index (χ3n) is 3.74. The summed E-state index contributed by atoms with van der Waals surface area (Å²) in [6.07, 6.45) is 0.786. The second kappa shape index (κ2) is 5.72. The van der Waals surface area contributed by atoms with Gasteiger partial charge in [-0.3, -0.25) is 9.59 Å². The minimum atomic E-state index is -0.460. The highest BCUT2D eigenvalue weighted by Gasteiger charge is 2.54. The first-order chi connectivity index (χ1) is 9.78. The van der Waals surface area contributed by atoms with Gasteiger partial charge in [0.15, 0.2) is 0 Å². The molecular formula is C16H22N2O2S. The van der Waals surface area contributed by atoms with E-state index in [0.717, 1.165) is 12.0 Å². The molecule has 5 heteroatoms. The molecule has 1 aromatic rings. The zero-order valence-corrected chi connectivity index (χ0v) is 13.7. The fraction of sp³-hybridized carbons (Fsp3) is 0.500. The van der Waals surface area contributed by atoms with E-state index in [4.69, 9.17) is 0 Å². The lowest BCUT2D eigenvalue weighted by Crippen LogP contribution is -2.53. The van der Waals surface area contributed by atoms with Gasteiger partial charge in [0.1, 0.15) is 6.04 Å². The second-order valence-electron chi connectivity index (χ2n) is 6.27. The standard InChI is InChI=1S/C16H22N2O2S/c1-15(2)13(18(11-19)16(3,4)21-15)14(20)17-10-12-8-6-5-7-9-12/h5-9,11,13H,10H2,1-4H3,(H,17,20). The van der Waals surface area contributed by atoms with Gasteiger partial charge in [-0.1, -0.05) is 30.3 Å². The largest absolute Gasteiger partial charge is 0.350 e. The molecule has 4 nitrogen and oxygen atoms in total. The van der Waals surface area contributed by atoms with Crippen molar-refractivity contribution in [3.05, 3.63) is 35.9 Å². The first-order valence-electron chi connectivity index (χ1n) is 7.03. The van der Waals surface area contributed by atoms with Gasteiger partial charge in [0, 0.05) is 11.3 Å². The van der Waals surface area contributed by atoms with E-state index < -0.39 is 6.04 Å². The van der Waals surface area contributed by atoms with Gasteiger partial charge in [-0.15, -0.1) is 11.8 Å². The number of amides is 2. The molecular weight excluding hydrogens is 284 g/mol. The summed E-state index contributed by atoms with van der Waals surface area (Å²) in [6.45, 7) is 8.44. The number of thioether (sulfide) groups is 1. The first kappa shape index (κ1) is 15.9. The smallest absolute Gasteiger partial charge is 0.244 e. The number of carbonyl (C=O) groups excluding carboxylic acids is 2. The van der Waals surface area contributed by atoms with Crippen molar-refractivity contribution in [1.82, 2.24) is 10.2 Å². The van der Waals surface area contributed by atoms with Crippen molar-refractivity contribution >= 4 is 24.1 Å². The van der Waals surface area contributed by atoms with Crippen LogP contribution in [0.15, 0.2) is 30.3 Å². The molecule has 2 rings (SSSR count). The summed E-state index contributed by atoms with van der Waals surface area (Å²) in [5.41, 5.74) is 1.05. The topological polar surface area (TPSA) is 49.4 Å². The van der Waals surface area contributed by atoms with E-state index in [1.54, 1.807) is 16.7 Å². The Balaban J connectivity index is 2.11. The maximum atomic E-state index is 12.6. The predicted octanol–water partition coefficient (Wildman–Crippen LogP) is 2.39. The molecule has 0 bridgehead atoms. The lowest BCUT2D eigenvalue weighted by molar-refractivity contribution is -0.135. The van der Waals surface area contributed by atoms with Crippen LogP contribution in [0.5, 0.6) is 0 Å². The van der Waals surface area contributed by atoms with Crippen molar-refractivity contribution in [2.24, 2.45) is 0 Å². The van der Waals surface area contributed by atoms with Crippen molar-refractivity contribution in [1.29, 1.82) is 0 Å². The van der Waals surface area contributed by atoms with Crippen LogP contribution in [0, 0.1) is 0 Å². The molecule has 1 unspecified atom stereocenters. The number of carbonyl (C=O) groups is 2. The van der Waals surface area contributed by atoms with E-state index in [0.29, 0.717) is 6.54 Å². The molecule has 1 aliphatic heterocycles. The minimum Gasteiger partial charge on any atom is -0.350 e. The van der Waals surface area contributed by atoms with Gasteiger partial charge in [-0.25, -0.2) is 0 Å². The zero-order chi connectivity index (χ0) is 15.7. The van der Waals surface area contributed by atoms with Gasteiger partial charge in [0.25, 0.3) is 0 Å². The van der Waals surface area contributed by atoms with E-state index in [-0.39, 0.29) is 15.5 Å². The predicted molar refractivity (Wildman–Crippen MR) is 85.7 cm³/mol. The summed E-state index contributed by atoms with van der Waals surface area (Å²) in [4.78, 5) is 25.2. The summed E-state index contributed by atoms with van der Waals surface area (Å²) in [6, 6.07) is 9.30. The van der Waals surface area contributed by atoms with Crippen molar-refractivity contribution in [2.45, 2.75) is 49.9 Å². The molecule has 0 radical (unpaired) electrons. The van der Waals surface area contributed by atoms with Crippen LogP contribution in [0.2, 0.25) is 0 Å². The Labute approximate surface area is 130 Å². The molecule has 1 aromatic carbocycles. The maximum Gasteiger partial charge on any atom is 0.244 e. The number of benzene rings is 1. The van der Waals surface area contributed by atoms with Gasteiger partial charge >= 0.3 is 0 Å². The van der Waals surface area contributed by atoms with Crippen molar-refractivity contribution in [3.8, 4) is 0 Å². The number of rotatable bonds is 4. The summed E-state index contributed by atoms with van der Waals surface area (Å²) < 4.78 is -0.314. The Hall–Kier alpha value is -1.49. The first-order valence-corrected chi connectivity index (χ1v) is 7.85. The molecule has 1 saturated heterocycles. The van der Waals surface area contributed by atoms with Crippen LogP contribution in [-0.2, 0) is 16.1 Å². The molecule has 0 aromatic heterocycles. The summed E-state index contributed by atoms with van der Waals surface area (Å²) in [7, 11) is 0. The summed E-state index contributed by atoms with van der Waals surface area (Å²) in [5.74, 6) is -0.103. The number of hydrogen-bond acceptors (Lipinski definition) is 3. The molecule has 21 heavy (non-hydrogen) atoms. The molecule has 0 aliphatic carbocycles. The molecule has 1 N–H and O–H groups in total. The van der Waals surface area contributed by atoms with E-state index in [9.17, 15) is 9.59 Å². The van der Waals surface area contributed by atoms with E-state index >= 15 is 0 Å². The second-order valence-corrected chi connectivity index (χ2v) is 8.53. The summed E-state index contributed by atoms with van der Waals surface area (Å²) in [5, 5.41) is 2.95. The Kier molecular flexibility index (Phi) is 4.33. The van der Waals surface area contributed by atoms with Crippen LogP contribution in [0.3, 0.4) is 0 Å². The normalized spacial score (nSPS) is 22.9. The van der Waals surface area contributed by atoms with Crippen LogP contribution in [-0.4, -0.2) is 32.9 Å². The van der Waals surface area contributed by atoms with Crippen molar-refractivity contribution in [3.63, 3.8) is 0 Å². The van der Waals surface area contributed by atoms with Gasteiger partial charge < -0.3 is 10.2 Å². The van der Waals surface area contributed by atoms with Crippen LogP contribution >= 0.6 is 11.8 Å². The monoisotopic (exact) mass is 306 g/mol. The fourth-order valence-electron chi connectivity index (χ4n) is 2.91. The third kappa shape index (κ3) is 3.23. The van der Waals surface area contributed by atoms with Crippen molar-refractivity contribution in [2.75, 3.05) is 0 Å². The average molecular weight is 306 g/mol. The molecule has 1 aliphatic rings. The highest BCUT2D eigenvalue weighted by atomic mass is 32.2. The minimum absolute atomic E-state index is 0.103. The molecule has 1 heterocycles. The quantitative estimate of drug-likeness (QED) is 0.869. The van der Waals surface area contributed by atoms with Crippen LogP contribution in [0.1, 0.15) is 33.3 Å². The SMILES string of the molecule is CC1(C)SC(C)(C)N(C=O)C1C(=O)NCc1ccccc1. The lowest BCUT2D eigenvalue weighted by atomic mass is 10.00. The van der Waals surface area contributed by atoms with E-state index in [1.807, 2.05) is 58.0 Å². The molecule has 1 atom stereocenters. The molecule has 1 fully saturated rings. The maximum absolute atomic E-state index is 12.6. The number of nitrogens with one attached hydrogen (secondary N) is 1. The van der Waals surface area contributed by atoms with Crippen LogP contribution in [0.4, 0.5) is 0 Å². The van der Waals surface area contributed by atoms with Crippen molar-refractivity contribution < 1.29 is 9.59 Å². The fourth-order valence-corrected chi connectivity index (χ4v) is 4.78. The Morgan fingerprint density at radius 1 is 1.29 bits per heavy atom. The zero-order valence-electron chi connectivity index (χ0n) is 12.9.